The van der Waals surface area contributed by atoms with Gasteiger partial charge in [-0.25, -0.2) is 0 Å². The molecule has 0 bridgehead atoms. The molecule has 0 aromatic heterocycles. The Bertz CT molecular complexity index is 418. The summed E-state index contributed by atoms with van der Waals surface area (Å²) in [6.07, 6.45) is 0. The lowest BCUT2D eigenvalue weighted by Crippen LogP contribution is -2.52. The smallest absolute Gasteiger partial charge is 0.254 e. The Balaban J connectivity index is 2.15. The number of nitrogens with one attached hydrogen (secondary N) is 1. The summed E-state index contributed by atoms with van der Waals surface area (Å²) in [6.45, 7) is 4.66. The number of benzene rings is 1. The average Bonchev–Trinajstić information content (AvgIpc) is 2.39. The number of ether oxygens (including phenoxy) is 1. The maximum atomic E-state index is 12.5. The van der Waals surface area contributed by atoms with E-state index >= 15 is 0 Å². The minimum absolute atomic E-state index is 0.0993. The summed E-state index contributed by atoms with van der Waals surface area (Å²) in [4.78, 5) is 14.4. The summed E-state index contributed by atoms with van der Waals surface area (Å²) in [7, 11) is 1.89. The second-order valence-corrected chi connectivity index (χ2v) is 4.65. The van der Waals surface area contributed by atoms with Gasteiger partial charge in [0.25, 0.3) is 5.91 Å². The molecule has 0 radical (unpaired) electrons. The van der Waals surface area contributed by atoms with Gasteiger partial charge in [-0.15, -0.1) is 0 Å². The molecule has 1 aromatic carbocycles. The standard InChI is InChI=1S/C14H20N2O2/c1-11-4-3-5-12(8-11)14(17)16-6-7-18-10-13(16)9-15-2/h3-5,8,13,15H,6-7,9-10H2,1-2H3. The van der Waals surface area contributed by atoms with Crippen LogP contribution < -0.4 is 5.32 Å². The molecule has 2 rings (SSSR count). The first-order valence-electron chi connectivity index (χ1n) is 6.32. The number of nitrogens with zero attached hydrogens (tertiary/aromatic N) is 1. The van der Waals surface area contributed by atoms with Crippen LogP contribution in [0.5, 0.6) is 0 Å². The number of morpholine rings is 1. The van der Waals surface area contributed by atoms with Crippen LogP contribution in [0.4, 0.5) is 0 Å². The van der Waals surface area contributed by atoms with Crippen LogP contribution in [-0.2, 0) is 4.74 Å². The van der Waals surface area contributed by atoms with Crippen molar-refractivity contribution in [1.82, 2.24) is 10.2 Å². The molecular formula is C14H20N2O2. The lowest BCUT2D eigenvalue weighted by Gasteiger charge is -2.35. The van der Waals surface area contributed by atoms with Gasteiger partial charge in [-0.1, -0.05) is 17.7 Å². The Kier molecular flexibility index (Phi) is 4.33. The van der Waals surface area contributed by atoms with Gasteiger partial charge in [0, 0.05) is 18.7 Å². The molecule has 1 N–H and O–H groups in total. The molecule has 1 atom stereocenters. The van der Waals surface area contributed by atoms with Crippen LogP contribution in [0.3, 0.4) is 0 Å². The van der Waals surface area contributed by atoms with E-state index in [4.69, 9.17) is 4.74 Å². The number of hydrogen-bond donors (Lipinski definition) is 1. The van der Waals surface area contributed by atoms with Gasteiger partial charge in [0.15, 0.2) is 0 Å². The van der Waals surface area contributed by atoms with E-state index in [1.807, 2.05) is 43.1 Å². The zero-order valence-electron chi connectivity index (χ0n) is 11.0. The predicted octanol–water partition coefficient (Wildman–Crippen LogP) is 1.06. The molecule has 1 aliphatic heterocycles. The highest BCUT2D eigenvalue weighted by Gasteiger charge is 2.27. The highest BCUT2D eigenvalue weighted by atomic mass is 16.5. The molecule has 1 amide bonds. The monoisotopic (exact) mass is 248 g/mol. The lowest BCUT2D eigenvalue weighted by molar-refractivity contribution is -0.000979. The molecule has 1 unspecified atom stereocenters. The molecule has 4 heteroatoms. The number of carbonyl (C=O) groups excluding carboxylic acids is 1. The molecule has 1 saturated heterocycles. The van der Waals surface area contributed by atoms with Crippen molar-refractivity contribution in [2.45, 2.75) is 13.0 Å². The quantitative estimate of drug-likeness (QED) is 0.869. The SMILES string of the molecule is CNCC1COCCN1C(=O)c1cccc(C)c1. The van der Waals surface area contributed by atoms with Gasteiger partial charge in [0.1, 0.15) is 0 Å². The van der Waals surface area contributed by atoms with Gasteiger partial charge in [0.2, 0.25) is 0 Å². The maximum Gasteiger partial charge on any atom is 0.254 e. The van der Waals surface area contributed by atoms with E-state index in [2.05, 4.69) is 5.32 Å². The third kappa shape index (κ3) is 2.89. The van der Waals surface area contributed by atoms with Crippen LogP contribution in [-0.4, -0.2) is 50.2 Å². The Morgan fingerprint density at radius 3 is 3.11 bits per heavy atom. The molecule has 1 heterocycles. The van der Waals surface area contributed by atoms with E-state index in [1.165, 1.54) is 0 Å². The molecule has 1 aromatic rings. The first-order valence-corrected chi connectivity index (χ1v) is 6.32. The Morgan fingerprint density at radius 1 is 1.56 bits per heavy atom. The number of rotatable bonds is 3. The maximum absolute atomic E-state index is 12.5. The molecule has 1 fully saturated rings. The number of carbonyl (C=O) groups is 1. The summed E-state index contributed by atoms with van der Waals surface area (Å²) < 4.78 is 5.44. The van der Waals surface area contributed by atoms with Crippen LogP contribution >= 0.6 is 0 Å². The van der Waals surface area contributed by atoms with Crippen molar-refractivity contribution in [2.24, 2.45) is 0 Å². The predicted molar refractivity (Wildman–Crippen MR) is 70.7 cm³/mol. The van der Waals surface area contributed by atoms with Gasteiger partial charge in [-0.05, 0) is 26.1 Å². The third-order valence-corrected chi connectivity index (χ3v) is 3.19. The highest BCUT2D eigenvalue weighted by Crippen LogP contribution is 2.13. The fourth-order valence-corrected chi connectivity index (χ4v) is 2.27. The summed E-state index contributed by atoms with van der Waals surface area (Å²) >= 11 is 0. The normalized spacial score (nSPS) is 19.9. The van der Waals surface area contributed by atoms with Crippen LogP contribution in [0.1, 0.15) is 15.9 Å². The van der Waals surface area contributed by atoms with Gasteiger partial charge >= 0.3 is 0 Å². The third-order valence-electron chi connectivity index (χ3n) is 3.19. The van der Waals surface area contributed by atoms with Crippen LogP contribution in [0.15, 0.2) is 24.3 Å². The summed E-state index contributed by atoms with van der Waals surface area (Å²) in [5.74, 6) is 0.0993. The van der Waals surface area contributed by atoms with E-state index in [-0.39, 0.29) is 11.9 Å². The minimum atomic E-state index is 0.0993. The first kappa shape index (κ1) is 13.1. The van der Waals surface area contributed by atoms with Crippen molar-refractivity contribution in [3.05, 3.63) is 35.4 Å². The molecule has 0 spiro atoms. The van der Waals surface area contributed by atoms with E-state index < -0.39 is 0 Å². The second-order valence-electron chi connectivity index (χ2n) is 4.65. The van der Waals surface area contributed by atoms with E-state index in [0.29, 0.717) is 19.8 Å². The number of amides is 1. The topological polar surface area (TPSA) is 41.6 Å². The average molecular weight is 248 g/mol. The molecular weight excluding hydrogens is 228 g/mol. The lowest BCUT2D eigenvalue weighted by atomic mass is 10.1. The Hall–Kier alpha value is -1.39. The van der Waals surface area contributed by atoms with E-state index in [0.717, 1.165) is 17.7 Å². The van der Waals surface area contributed by atoms with Crippen molar-refractivity contribution in [1.29, 1.82) is 0 Å². The van der Waals surface area contributed by atoms with Crippen LogP contribution in [0, 0.1) is 6.92 Å². The second kappa shape index (κ2) is 5.98. The number of aryl methyl sites for hydroxylation is 1. The summed E-state index contributed by atoms with van der Waals surface area (Å²) in [5, 5.41) is 3.11. The molecule has 0 saturated carbocycles. The van der Waals surface area contributed by atoms with Gasteiger partial charge in [0.05, 0.1) is 19.3 Å². The zero-order valence-corrected chi connectivity index (χ0v) is 11.0. The first-order chi connectivity index (χ1) is 8.72. The van der Waals surface area contributed by atoms with E-state index in [1.54, 1.807) is 0 Å². The highest BCUT2D eigenvalue weighted by molar-refractivity contribution is 5.94. The number of hydrogen-bond acceptors (Lipinski definition) is 3. The van der Waals surface area contributed by atoms with Crippen molar-refractivity contribution < 1.29 is 9.53 Å². The molecule has 4 nitrogen and oxygen atoms in total. The number of likely N-dealkylation sites (N-methyl/N-ethyl adjacent to an activating group) is 1. The van der Waals surface area contributed by atoms with Gasteiger partial charge in [-0.2, -0.15) is 0 Å². The van der Waals surface area contributed by atoms with Crippen LogP contribution in [0.25, 0.3) is 0 Å². The fourth-order valence-electron chi connectivity index (χ4n) is 2.27. The summed E-state index contributed by atoms with van der Waals surface area (Å²) in [6, 6.07) is 7.86. The minimum Gasteiger partial charge on any atom is -0.377 e. The van der Waals surface area contributed by atoms with E-state index in [9.17, 15) is 4.79 Å². The zero-order chi connectivity index (χ0) is 13.0. The Morgan fingerprint density at radius 2 is 2.39 bits per heavy atom. The molecule has 1 aliphatic rings. The fraction of sp³-hybridized carbons (Fsp3) is 0.500. The van der Waals surface area contributed by atoms with Crippen LogP contribution in [0.2, 0.25) is 0 Å². The molecule has 18 heavy (non-hydrogen) atoms. The van der Waals surface area contributed by atoms with Gasteiger partial charge in [-0.3, -0.25) is 4.79 Å². The molecule has 98 valence electrons. The Labute approximate surface area is 108 Å². The van der Waals surface area contributed by atoms with Gasteiger partial charge < -0.3 is 15.0 Å². The van der Waals surface area contributed by atoms with Crippen molar-refractivity contribution in [2.75, 3.05) is 33.4 Å². The van der Waals surface area contributed by atoms with Crippen molar-refractivity contribution in [3.63, 3.8) is 0 Å². The summed E-state index contributed by atoms with van der Waals surface area (Å²) in [5.41, 5.74) is 1.87. The van der Waals surface area contributed by atoms with Crippen molar-refractivity contribution in [3.8, 4) is 0 Å². The molecule has 0 aliphatic carbocycles. The largest absolute Gasteiger partial charge is 0.377 e. The van der Waals surface area contributed by atoms with Crippen molar-refractivity contribution >= 4 is 5.91 Å².